The predicted molar refractivity (Wildman–Crippen MR) is 110 cm³/mol. The van der Waals surface area contributed by atoms with Gasteiger partial charge in [0.05, 0.1) is 37.6 Å². The Balaban J connectivity index is 0.00000225. The monoisotopic (exact) mass is 460 g/mol. The highest BCUT2D eigenvalue weighted by Gasteiger charge is 2.41. The van der Waals surface area contributed by atoms with Crippen molar-refractivity contribution in [1.29, 1.82) is 0 Å². The third-order valence-corrected chi connectivity index (χ3v) is 4.91. The van der Waals surface area contributed by atoms with Crippen molar-refractivity contribution < 1.29 is 9.47 Å². The van der Waals surface area contributed by atoms with Gasteiger partial charge in [-0.05, 0) is 40.0 Å². The van der Waals surface area contributed by atoms with Crippen LogP contribution in [0.2, 0.25) is 0 Å². The fourth-order valence-electron chi connectivity index (χ4n) is 3.67. The summed E-state index contributed by atoms with van der Waals surface area (Å²) < 4.78 is 11.4. The first-order valence-electron chi connectivity index (χ1n) is 8.81. The number of ether oxygens (including phenoxy) is 2. The minimum Gasteiger partial charge on any atom is -0.496 e. The summed E-state index contributed by atoms with van der Waals surface area (Å²) in [5.41, 5.74) is 3.05. The maximum Gasteiger partial charge on any atom is 0.191 e. The molecule has 1 aromatic rings. The second-order valence-electron chi connectivity index (χ2n) is 6.60. The van der Waals surface area contributed by atoms with Gasteiger partial charge in [-0.1, -0.05) is 0 Å². The van der Waals surface area contributed by atoms with Crippen molar-refractivity contribution in [1.82, 2.24) is 15.6 Å². The normalized spacial score (nSPS) is 24.8. The molecule has 3 heterocycles. The van der Waals surface area contributed by atoms with E-state index in [4.69, 9.17) is 14.5 Å². The lowest BCUT2D eigenvalue weighted by atomic mass is 9.96. The van der Waals surface area contributed by atoms with E-state index in [-0.39, 0.29) is 24.0 Å². The van der Waals surface area contributed by atoms with Gasteiger partial charge in [0, 0.05) is 23.9 Å². The molecule has 6 nitrogen and oxygen atoms in total. The van der Waals surface area contributed by atoms with Crippen molar-refractivity contribution in [2.75, 3.05) is 13.7 Å². The summed E-state index contributed by atoms with van der Waals surface area (Å²) in [6.07, 6.45) is 6.03. The second kappa shape index (κ2) is 9.02. The van der Waals surface area contributed by atoms with Crippen LogP contribution in [-0.2, 0) is 11.3 Å². The Bertz CT molecular complexity index is 623. The highest BCUT2D eigenvalue weighted by atomic mass is 127. The molecule has 140 valence electrons. The molecule has 0 radical (unpaired) electrons. The van der Waals surface area contributed by atoms with Gasteiger partial charge in [0.2, 0.25) is 0 Å². The van der Waals surface area contributed by atoms with Crippen LogP contribution >= 0.6 is 24.0 Å². The van der Waals surface area contributed by atoms with Gasteiger partial charge in [0.25, 0.3) is 0 Å². The lowest BCUT2D eigenvalue weighted by Gasteiger charge is -2.22. The van der Waals surface area contributed by atoms with Crippen LogP contribution in [0.15, 0.2) is 11.2 Å². The molecule has 7 heteroatoms. The van der Waals surface area contributed by atoms with Crippen molar-refractivity contribution >= 4 is 29.9 Å². The Labute approximate surface area is 167 Å². The number of aryl methyl sites for hydroxylation is 1. The number of halogens is 1. The first-order valence-corrected chi connectivity index (χ1v) is 8.81. The molecule has 2 fully saturated rings. The van der Waals surface area contributed by atoms with Crippen LogP contribution in [0.25, 0.3) is 0 Å². The highest BCUT2D eigenvalue weighted by Crippen LogP contribution is 2.34. The van der Waals surface area contributed by atoms with E-state index in [1.807, 2.05) is 20.0 Å². The molecule has 2 aliphatic rings. The van der Waals surface area contributed by atoms with Crippen molar-refractivity contribution in [2.45, 2.75) is 64.8 Å². The van der Waals surface area contributed by atoms with Gasteiger partial charge in [-0.15, -0.1) is 24.0 Å². The number of guanidine groups is 1. The number of rotatable bonds is 5. The van der Waals surface area contributed by atoms with Crippen molar-refractivity contribution in [3.05, 3.63) is 23.0 Å². The van der Waals surface area contributed by atoms with E-state index in [2.05, 4.69) is 22.5 Å². The molecule has 2 bridgehead atoms. The topological polar surface area (TPSA) is 67.8 Å². The van der Waals surface area contributed by atoms with E-state index in [1.165, 1.54) is 6.42 Å². The number of fused-ring (bicyclic) bond motifs is 2. The molecule has 2 N–H and O–H groups in total. The summed E-state index contributed by atoms with van der Waals surface area (Å²) in [5, 5.41) is 6.86. The molecule has 0 aliphatic carbocycles. The Kier molecular flexibility index (Phi) is 7.30. The number of aromatic nitrogens is 1. The van der Waals surface area contributed by atoms with Gasteiger partial charge in [-0.25, -0.2) is 4.99 Å². The molecule has 0 spiro atoms. The Hall–Kier alpha value is -1.09. The second-order valence-corrected chi connectivity index (χ2v) is 6.60. The minimum atomic E-state index is 0. The number of aliphatic imine (C=N–C) groups is 1. The van der Waals surface area contributed by atoms with Crippen LogP contribution in [0.1, 0.15) is 43.0 Å². The largest absolute Gasteiger partial charge is 0.496 e. The molecule has 0 saturated carbocycles. The number of hydrogen-bond donors (Lipinski definition) is 2. The zero-order valence-corrected chi connectivity index (χ0v) is 17.8. The standard InChI is InChI=1S/C18H28N4O2.HI/c1-5-19-18(22-14-8-13-6-7-16(14)24-13)21-10-15-12(3)17(23-4)11(2)9-20-15;/h9,13-14,16H,5-8,10H2,1-4H3,(H2,19,21,22);1H. The molecular weight excluding hydrogens is 431 g/mol. The third-order valence-electron chi connectivity index (χ3n) is 4.91. The van der Waals surface area contributed by atoms with E-state index in [9.17, 15) is 0 Å². The van der Waals surface area contributed by atoms with Crippen molar-refractivity contribution in [3.63, 3.8) is 0 Å². The molecule has 2 saturated heterocycles. The van der Waals surface area contributed by atoms with E-state index < -0.39 is 0 Å². The van der Waals surface area contributed by atoms with Gasteiger partial charge >= 0.3 is 0 Å². The Morgan fingerprint density at radius 1 is 1.40 bits per heavy atom. The van der Waals surface area contributed by atoms with E-state index in [0.717, 1.165) is 47.9 Å². The molecule has 3 rings (SSSR count). The van der Waals surface area contributed by atoms with E-state index >= 15 is 0 Å². The average Bonchev–Trinajstić information content (AvgIpc) is 3.17. The molecule has 0 aromatic carbocycles. The minimum absolute atomic E-state index is 0. The Morgan fingerprint density at radius 3 is 2.80 bits per heavy atom. The quantitative estimate of drug-likeness (QED) is 0.402. The van der Waals surface area contributed by atoms with E-state index in [1.54, 1.807) is 7.11 Å². The predicted octanol–water partition coefficient (Wildman–Crippen LogP) is 2.70. The molecule has 25 heavy (non-hydrogen) atoms. The summed E-state index contributed by atoms with van der Waals surface area (Å²) in [6, 6.07) is 0.364. The zero-order valence-electron chi connectivity index (χ0n) is 15.5. The number of hydrogen-bond acceptors (Lipinski definition) is 4. The first kappa shape index (κ1) is 20.2. The number of pyridine rings is 1. The van der Waals surface area contributed by atoms with Crippen LogP contribution in [0.5, 0.6) is 5.75 Å². The zero-order chi connectivity index (χ0) is 17.1. The molecule has 2 aliphatic heterocycles. The SMILES string of the molecule is CCNC(=NCc1ncc(C)c(OC)c1C)NC1CC2CCC1O2.I. The van der Waals surface area contributed by atoms with Crippen LogP contribution in [0.4, 0.5) is 0 Å². The fourth-order valence-corrected chi connectivity index (χ4v) is 3.67. The summed E-state index contributed by atoms with van der Waals surface area (Å²) in [4.78, 5) is 9.24. The van der Waals surface area contributed by atoms with Gasteiger partial charge in [-0.2, -0.15) is 0 Å². The maximum atomic E-state index is 5.92. The number of methoxy groups -OCH3 is 1. The van der Waals surface area contributed by atoms with Crippen LogP contribution in [0.3, 0.4) is 0 Å². The highest BCUT2D eigenvalue weighted by molar-refractivity contribution is 14.0. The van der Waals surface area contributed by atoms with Crippen LogP contribution in [0, 0.1) is 13.8 Å². The summed E-state index contributed by atoms with van der Waals surface area (Å²) in [6.45, 7) is 7.48. The summed E-state index contributed by atoms with van der Waals surface area (Å²) >= 11 is 0. The maximum absolute atomic E-state index is 5.92. The van der Waals surface area contributed by atoms with Crippen molar-refractivity contribution in [2.24, 2.45) is 4.99 Å². The summed E-state index contributed by atoms with van der Waals surface area (Å²) in [7, 11) is 1.70. The molecule has 3 unspecified atom stereocenters. The average molecular weight is 460 g/mol. The van der Waals surface area contributed by atoms with Crippen LogP contribution in [-0.4, -0.2) is 42.8 Å². The fraction of sp³-hybridized carbons (Fsp3) is 0.667. The van der Waals surface area contributed by atoms with Crippen molar-refractivity contribution in [3.8, 4) is 5.75 Å². The molecule has 3 atom stereocenters. The van der Waals surface area contributed by atoms with Gasteiger partial charge in [0.15, 0.2) is 5.96 Å². The molecule has 0 amide bonds. The molecule has 1 aromatic heterocycles. The number of nitrogens with one attached hydrogen (secondary N) is 2. The Morgan fingerprint density at radius 2 is 2.20 bits per heavy atom. The van der Waals surface area contributed by atoms with Crippen LogP contribution < -0.4 is 15.4 Å². The van der Waals surface area contributed by atoms with E-state index in [0.29, 0.717) is 24.8 Å². The first-order chi connectivity index (χ1) is 11.6. The smallest absolute Gasteiger partial charge is 0.191 e. The lowest BCUT2D eigenvalue weighted by Crippen LogP contribution is -2.47. The third kappa shape index (κ3) is 4.55. The number of nitrogens with zero attached hydrogens (tertiary/aromatic N) is 2. The van der Waals surface area contributed by atoms with Gasteiger partial charge in [0.1, 0.15) is 5.75 Å². The van der Waals surface area contributed by atoms with Gasteiger partial charge < -0.3 is 20.1 Å². The lowest BCUT2D eigenvalue weighted by molar-refractivity contribution is 0.0992. The van der Waals surface area contributed by atoms with Gasteiger partial charge in [-0.3, -0.25) is 4.98 Å². The summed E-state index contributed by atoms with van der Waals surface area (Å²) in [5.74, 6) is 1.73. The molecular formula is C18H29IN4O2.